The summed E-state index contributed by atoms with van der Waals surface area (Å²) >= 11 is 1.87. The van der Waals surface area contributed by atoms with Crippen LogP contribution in [0.15, 0.2) is 12.7 Å². The molecule has 0 spiro atoms. The van der Waals surface area contributed by atoms with E-state index in [1.165, 1.54) is 161 Å². The fourth-order valence-electron chi connectivity index (χ4n) is 8.56. The molecular weight excluding hydrogens is 566 g/mol. The van der Waals surface area contributed by atoms with E-state index < -0.39 is 17.5 Å². The summed E-state index contributed by atoms with van der Waals surface area (Å²) in [5, 5.41) is 19.1. The Bertz CT molecular complexity index is 720. The first-order valence-electron chi connectivity index (χ1n) is 18.8. The number of hydrogen-bond donors (Lipinski definition) is 2. The van der Waals surface area contributed by atoms with E-state index in [0.29, 0.717) is 18.0 Å². The molecule has 3 aliphatic carbocycles. The van der Waals surface area contributed by atoms with Crippen molar-refractivity contribution in [2.24, 2.45) is 5.92 Å². The standard InChI is InChI=1S/C35H65NO2S.C3H4O2/c1-39-30-29-35(34(37)38,31-23-17-11-5-2-6-12-18-24-31)36(32-25-19-13-7-3-8-14-20-26-32)33-27-21-15-9-4-10-16-22-28-33;1-2-3(4)5/h31-33H,2-30H2,1H3,(H,37,38);2H,1H2,(H,4,5)/t35-;/m1./s1. The second kappa shape index (κ2) is 24.2. The number of carboxylic acids is 2. The first-order valence-corrected chi connectivity index (χ1v) is 20.2. The smallest absolute Gasteiger partial charge is 0.327 e. The molecule has 0 aromatic heterocycles. The molecule has 0 radical (unpaired) electrons. The summed E-state index contributed by atoms with van der Waals surface area (Å²) in [5.74, 6) is -0.178. The first-order chi connectivity index (χ1) is 21.5. The molecule has 1 atom stereocenters. The highest BCUT2D eigenvalue weighted by atomic mass is 32.2. The van der Waals surface area contributed by atoms with E-state index in [1.54, 1.807) is 0 Å². The van der Waals surface area contributed by atoms with Crippen LogP contribution in [0.2, 0.25) is 0 Å². The largest absolute Gasteiger partial charge is 0.480 e. The average molecular weight is 636 g/mol. The third-order valence-corrected chi connectivity index (χ3v) is 11.5. The highest BCUT2D eigenvalue weighted by Crippen LogP contribution is 2.44. The highest BCUT2D eigenvalue weighted by molar-refractivity contribution is 7.98. The molecule has 0 heterocycles. The number of nitrogens with zero attached hydrogens (tertiary/aromatic N) is 1. The lowest BCUT2D eigenvalue weighted by molar-refractivity contribution is -0.165. The number of aliphatic carboxylic acids is 2. The molecule has 0 amide bonds. The van der Waals surface area contributed by atoms with Crippen molar-refractivity contribution in [3.8, 4) is 0 Å². The van der Waals surface area contributed by atoms with Gasteiger partial charge in [0.05, 0.1) is 0 Å². The minimum atomic E-state index is -0.981. The van der Waals surface area contributed by atoms with Gasteiger partial charge < -0.3 is 10.2 Å². The molecule has 3 rings (SSSR count). The van der Waals surface area contributed by atoms with E-state index in [-0.39, 0.29) is 0 Å². The fraction of sp³-hybridized carbons (Fsp3) is 0.895. The second-order valence-corrected chi connectivity index (χ2v) is 15.1. The highest BCUT2D eigenvalue weighted by Gasteiger charge is 2.53. The molecule has 0 unspecified atom stereocenters. The van der Waals surface area contributed by atoms with Crippen molar-refractivity contribution in [2.45, 2.75) is 197 Å². The summed E-state index contributed by atoms with van der Waals surface area (Å²) in [6, 6.07) is 0.897. The normalized spacial score (nSPS) is 23.3. The van der Waals surface area contributed by atoms with Crippen LogP contribution in [0, 0.1) is 5.92 Å². The summed E-state index contributed by atoms with van der Waals surface area (Å²) in [7, 11) is 0. The number of carboxylic acid groups (broad SMARTS) is 2. The summed E-state index contributed by atoms with van der Waals surface area (Å²) in [6.45, 7) is 2.96. The van der Waals surface area contributed by atoms with Gasteiger partial charge in [-0.3, -0.25) is 9.69 Å². The fourth-order valence-corrected chi connectivity index (χ4v) is 9.08. The van der Waals surface area contributed by atoms with Crippen molar-refractivity contribution in [3.63, 3.8) is 0 Å². The number of thioether (sulfide) groups is 1. The second-order valence-electron chi connectivity index (χ2n) is 14.1. The molecule has 0 saturated heterocycles. The summed E-state index contributed by atoms with van der Waals surface area (Å²) in [6.07, 6.45) is 38.8. The summed E-state index contributed by atoms with van der Waals surface area (Å²) in [5.41, 5.74) is -0.689. The van der Waals surface area contributed by atoms with E-state index in [9.17, 15) is 14.7 Å². The van der Waals surface area contributed by atoms with Crippen LogP contribution in [-0.4, -0.2) is 56.7 Å². The Balaban J connectivity index is 0.00000125. The molecule has 3 aliphatic rings. The number of carbonyl (C=O) groups is 2. The Morgan fingerprint density at radius 3 is 1.20 bits per heavy atom. The van der Waals surface area contributed by atoms with Gasteiger partial charge in [-0.05, 0) is 62.9 Å². The minimum Gasteiger partial charge on any atom is -0.480 e. The molecule has 0 aromatic rings. The zero-order valence-electron chi connectivity index (χ0n) is 28.6. The van der Waals surface area contributed by atoms with Crippen LogP contribution in [0.25, 0.3) is 0 Å². The first kappa shape index (κ1) is 39.2. The molecule has 0 aliphatic heterocycles. The maximum atomic E-state index is 14.0. The predicted molar refractivity (Wildman–Crippen MR) is 189 cm³/mol. The van der Waals surface area contributed by atoms with E-state index in [1.807, 2.05) is 11.8 Å². The lowest BCUT2D eigenvalue weighted by atomic mass is 9.71. The quantitative estimate of drug-likeness (QED) is 0.245. The van der Waals surface area contributed by atoms with E-state index in [4.69, 9.17) is 5.11 Å². The number of hydrogen-bond acceptors (Lipinski definition) is 4. The van der Waals surface area contributed by atoms with Gasteiger partial charge in [-0.15, -0.1) is 0 Å². The Kier molecular flexibility index (Phi) is 21.5. The van der Waals surface area contributed by atoms with Gasteiger partial charge in [-0.25, -0.2) is 4.79 Å². The van der Waals surface area contributed by atoms with E-state index in [0.717, 1.165) is 31.1 Å². The topological polar surface area (TPSA) is 77.8 Å². The monoisotopic (exact) mass is 635 g/mol. The SMILES string of the molecule is C=CC(=O)O.CSCC[C@](C(=O)O)(C1CCCCCCCCC1)N(C1CCCCCCCCC1)C1CCCCCCCCC1. The molecule has 44 heavy (non-hydrogen) atoms. The van der Waals surface area contributed by atoms with Crippen LogP contribution >= 0.6 is 11.8 Å². The number of rotatable bonds is 9. The van der Waals surface area contributed by atoms with Gasteiger partial charge in [0.2, 0.25) is 0 Å². The molecule has 5 nitrogen and oxygen atoms in total. The van der Waals surface area contributed by atoms with Crippen molar-refractivity contribution in [1.82, 2.24) is 4.90 Å². The van der Waals surface area contributed by atoms with Gasteiger partial charge in [-0.1, -0.05) is 141 Å². The molecule has 0 aromatic carbocycles. The molecule has 6 heteroatoms. The zero-order chi connectivity index (χ0) is 31.9. The molecule has 256 valence electrons. The third-order valence-electron chi connectivity index (χ3n) is 10.9. The molecular formula is C38H69NO4S. The lowest BCUT2D eigenvalue weighted by Gasteiger charge is -2.54. The van der Waals surface area contributed by atoms with Crippen LogP contribution in [-0.2, 0) is 9.59 Å². The Hall–Kier alpha value is -1.01. The van der Waals surface area contributed by atoms with Gasteiger partial charge in [0, 0.05) is 18.2 Å². The van der Waals surface area contributed by atoms with Gasteiger partial charge >= 0.3 is 11.9 Å². The lowest BCUT2D eigenvalue weighted by Crippen LogP contribution is -2.66. The van der Waals surface area contributed by atoms with Crippen molar-refractivity contribution < 1.29 is 19.8 Å². The van der Waals surface area contributed by atoms with Crippen LogP contribution < -0.4 is 0 Å². The van der Waals surface area contributed by atoms with Crippen LogP contribution in [0.3, 0.4) is 0 Å². The van der Waals surface area contributed by atoms with Crippen molar-refractivity contribution in [2.75, 3.05) is 12.0 Å². The van der Waals surface area contributed by atoms with Crippen molar-refractivity contribution in [3.05, 3.63) is 12.7 Å². The van der Waals surface area contributed by atoms with E-state index >= 15 is 0 Å². The van der Waals surface area contributed by atoms with Crippen LogP contribution in [0.5, 0.6) is 0 Å². The Morgan fingerprint density at radius 2 is 0.932 bits per heavy atom. The van der Waals surface area contributed by atoms with E-state index in [2.05, 4.69) is 17.7 Å². The maximum Gasteiger partial charge on any atom is 0.327 e. The van der Waals surface area contributed by atoms with Crippen molar-refractivity contribution in [1.29, 1.82) is 0 Å². The molecule has 3 fully saturated rings. The molecule has 0 bridgehead atoms. The van der Waals surface area contributed by atoms with Crippen LogP contribution in [0.1, 0.15) is 180 Å². The van der Waals surface area contributed by atoms with Gasteiger partial charge in [0.15, 0.2) is 0 Å². The third kappa shape index (κ3) is 14.2. The Morgan fingerprint density at radius 1 is 0.636 bits per heavy atom. The zero-order valence-corrected chi connectivity index (χ0v) is 29.4. The summed E-state index contributed by atoms with van der Waals surface area (Å²) in [4.78, 5) is 26.1. The average Bonchev–Trinajstić information content (AvgIpc) is 3.03. The van der Waals surface area contributed by atoms with Gasteiger partial charge in [-0.2, -0.15) is 11.8 Å². The predicted octanol–water partition coefficient (Wildman–Crippen LogP) is 11.0. The van der Waals surface area contributed by atoms with Crippen molar-refractivity contribution >= 4 is 23.7 Å². The Labute approximate surface area is 275 Å². The van der Waals surface area contributed by atoms with Crippen LogP contribution in [0.4, 0.5) is 0 Å². The molecule has 3 saturated carbocycles. The van der Waals surface area contributed by atoms with Gasteiger partial charge in [0.25, 0.3) is 0 Å². The van der Waals surface area contributed by atoms with Gasteiger partial charge in [0.1, 0.15) is 5.54 Å². The maximum absolute atomic E-state index is 14.0. The molecule has 2 N–H and O–H groups in total. The minimum absolute atomic E-state index is 0.297. The summed E-state index contributed by atoms with van der Waals surface area (Å²) < 4.78 is 0.